The van der Waals surface area contributed by atoms with E-state index in [0.717, 1.165) is 32.1 Å². The number of rotatable bonds is 5. The van der Waals surface area contributed by atoms with E-state index < -0.39 is 0 Å². The topological polar surface area (TPSA) is 14.8 Å². The summed E-state index contributed by atoms with van der Waals surface area (Å²) in [5.41, 5.74) is 19.1. The Hall–Kier alpha value is -7.10. The van der Waals surface area contributed by atoms with Gasteiger partial charge < -0.3 is 13.7 Å². The number of aryl methyl sites for hydroxylation is 2. The van der Waals surface area contributed by atoms with Crippen LogP contribution in [-0.4, -0.2) is 13.7 Å². The van der Waals surface area contributed by atoms with E-state index in [0.29, 0.717) is 0 Å². The van der Waals surface area contributed by atoms with E-state index >= 15 is 0 Å². The van der Waals surface area contributed by atoms with Crippen LogP contribution in [0.3, 0.4) is 0 Å². The molecule has 276 valence electrons. The minimum absolute atomic E-state index is 0.873. The van der Waals surface area contributed by atoms with Crippen molar-refractivity contribution in [2.45, 2.75) is 32.1 Å². The van der Waals surface area contributed by atoms with Crippen molar-refractivity contribution in [3.63, 3.8) is 0 Å². The Morgan fingerprint density at radius 2 is 1.00 bits per heavy atom. The van der Waals surface area contributed by atoms with Crippen molar-refractivity contribution in [1.29, 1.82) is 0 Å². The number of nitrogens with zero attached hydrogens (tertiary/aromatic N) is 3. The third-order valence-corrected chi connectivity index (χ3v) is 12.7. The number of benzene rings is 6. The first-order valence-corrected chi connectivity index (χ1v) is 20.7. The van der Waals surface area contributed by atoms with Crippen LogP contribution in [-0.2, 0) is 12.8 Å². The van der Waals surface area contributed by atoms with Gasteiger partial charge in [-0.3, -0.25) is 0 Å². The maximum Gasteiger partial charge on any atom is 0.0547 e. The zero-order chi connectivity index (χ0) is 38.2. The van der Waals surface area contributed by atoms with Gasteiger partial charge in [0.05, 0.1) is 22.1 Å². The molecule has 3 heterocycles. The summed E-state index contributed by atoms with van der Waals surface area (Å²) in [6, 6.07) is 51.7. The van der Waals surface area contributed by atoms with Crippen molar-refractivity contribution >= 4 is 67.0 Å². The summed E-state index contributed by atoms with van der Waals surface area (Å²) in [5, 5.41) is 5.26. The van der Waals surface area contributed by atoms with Gasteiger partial charge in [-0.25, -0.2) is 0 Å². The molecule has 0 spiro atoms. The van der Waals surface area contributed by atoms with Gasteiger partial charge in [0.15, 0.2) is 0 Å². The molecule has 0 bridgehead atoms. The SMILES string of the molecule is C1=Cc2c(c3ccccc3n2C2=CC=C(c3ccc4c(c3)c3ccc(-c5ccc(-n6c7c(c8ccccc86)CCC=C7)cc5)cc3n4-c3ccccc3)CC=C2)CC1. The quantitative estimate of drug-likeness (QED) is 0.167. The molecule has 3 heteroatoms. The molecule has 0 amide bonds. The molecule has 0 saturated heterocycles. The lowest BCUT2D eigenvalue weighted by molar-refractivity contribution is 0.967. The predicted octanol–water partition coefficient (Wildman–Crippen LogP) is 14.2. The van der Waals surface area contributed by atoms with Crippen molar-refractivity contribution in [2.24, 2.45) is 0 Å². The van der Waals surface area contributed by atoms with Gasteiger partial charge >= 0.3 is 0 Å². The summed E-state index contributed by atoms with van der Waals surface area (Å²) >= 11 is 0. The molecule has 3 nitrogen and oxygen atoms in total. The Balaban J connectivity index is 0.949. The molecular formula is C55H41N3. The van der Waals surface area contributed by atoms with Gasteiger partial charge in [-0.05, 0) is 144 Å². The molecule has 3 aliphatic carbocycles. The highest BCUT2D eigenvalue weighted by atomic mass is 15.0. The summed E-state index contributed by atoms with van der Waals surface area (Å²) < 4.78 is 7.32. The number of aromatic nitrogens is 3. The van der Waals surface area contributed by atoms with Gasteiger partial charge in [0, 0.05) is 50.0 Å². The maximum absolute atomic E-state index is 2.45. The molecule has 6 aromatic carbocycles. The van der Waals surface area contributed by atoms with Gasteiger partial charge in [-0.15, -0.1) is 0 Å². The fourth-order valence-corrected chi connectivity index (χ4v) is 9.97. The first kappa shape index (κ1) is 33.1. The molecule has 0 unspecified atom stereocenters. The molecule has 0 fully saturated rings. The number of para-hydroxylation sites is 3. The van der Waals surface area contributed by atoms with Crippen LogP contribution in [0.2, 0.25) is 0 Å². The average Bonchev–Trinajstić information content (AvgIpc) is 3.84. The average molecular weight is 744 g/mol. The predicted molar refractivity (Wildman–Crippen MR) is 246 cm³/mol. The molecule has 0 N–H and O–H groups in total. The summed E-state index contributed by atoms with van der Waals surface area (Å²) in [4.78, 5) is 0. The fourth-order valence-electron chi connectivity index (χ4n) is 9.97. The first-order valence-electron chi connectivity index (χ1n) is 20.7. The van der Waals surface area contributed by atoms with Gasteiger partial charge in [-0.2, -0.15) is 0 Å². The van der Waals surface area contributed by atoms with Crippen LogP contribution in [0.25, 0.3) is 89.5 Å². The monoisotopic (exact) mass is 743 g/mol. The van der Waals surface area contributed by atoms with Crippen LogP contribution in [0.4, 0.5) is 0 Å². The lowest BCUT2D eigenvalue weighted by Gasteiger charge is -2.13. The molecule has 58 heavy (non-hydrogen) atoms. The van der Waals surface area contributed by atoms with Crippen molar-refractivity contribution in [3.05, 3.63) is 204 Å². The van der Waals surface area contributed by atoms with Crippen LogP contribution in [0.15, 0.2) is 176 Å². The minimum Gasteiger partial charge on any atom is -0.310 e. The highest BCUT2D eigenvalue weighted by Gasteiger charge is 2.21. The second-order valence-electron chi connectivity index (χ2n) is 15.9. The number of hydrogen-bond donors (Lipinski definition) is 0. The normalized spacial score (nSPS) is 14.9. The van der Waals surface area contributed by atoms with Gasteiger partial charge in [0.25, 0.3) is 0 Å². The van der Waals surface area contributed by atoms with Gasteiger partial charge in [0.1, 0.15) is 0 Å². The standard InChI is InChI=1S/C55H41N3/c1-2-14-41(15-3-1)58-54-34-29-39(37-13-12-16-42(30-25-37)56-50-21-8-4-17-44(50)45-18-5-9-22-51(45)56)35-49(54)48-33-28-40(36-55(48)58)38-26-31-43(32-27-38)57-52-23-10-6-19-46(52)47-20-7-11-24-53(47)57/h1-4,6,8-12,14-17,19,21-36H,5,7,13,18,20H2. The second-order valence-corrected chi connectivity index (χ2v) is 15.9. The zero-order valence-corrected chi connectivity index (χ0v) is 32.3. The third-order valence-electron chi connectivity index (χ3n) is 12.7. The van der Waals surface area contributed by atoms with Crippen molar-refractivity contribution in [1.82, 2.24) is 13.7 Å². The van der Waals surface area contributed by atoms with Crippen LogP contribution in [0.1, 0.15) is 47.3 Å². The minimum atomic E-state index is 0.873. The van der Waals surface area contributed by atoms with E-state index in [1.165, 1.54) is 105 Å². The van der Waals surface area contributed by atoms with Crippen LogP contribution >= 0.6 is 0 Å². The van der Waals surface area contributed by atoms with E-state index in [1.807, 2.05) is 0 Å². The Labute approximate surface area is 338 Å². The molecule has 3 aliphatic rings. The number of fused-ring (bicyclic) bond motifs is 9. The van der Waals surface area contributed by atoms with Gasteiger partial charge in [0.2, 0.25) is 0 Å². The number of hydrogen-bond acceptors (Lipinski definition) is 0. The zero-order valence-electron chi connectivity index (χ0n) is 32.3. The molecule has 0 radical (unpaired) electrons. The Kier molecular flexibility index (Phi) is 7.56. The van der Waals surface area contributed by atoms with E-state index in [4.69, 9.17) is 0 Å². The third kappa shape index (κ3) is 5.13. The van der Waals surface area contributed by atoms with E-state index in [-0.39, 0.29) is 0 Å². The summed E-state index contributed by atoms with van der Waals surface area (Å²) in [5.74, 6) is 0. The highest BCUT2D eigenvalue weighted by Crippen LogP contribution is 2.40. The lowest BCUT2D eigenvalue weighted by atomic mass is 9.99. The molecule has 9 aromatic rings. The maximum atomic E-state index is 2.45. The van der Waals surface area contributed by atoms with Crippen LogP contribution in [0.5, 0.6) is 0 Å². The molecule has 0 saturated carbocycles. The largest absolute Gasteiger partial charge is 0.310 e. The van der Waals surface area contributed by atoms with Crippen molar-refractivity contribution < 1.29 is 0 Å². The molecule has 3 aromatic heterocycles. The number of allylic oxidation sites excluding steroid dienone is 8. The smallest absolute Gasteiger partial charge is 0.0547 e. The van der Waals surface area contributed by atoms with Crippen molar-refractivity contribution in [3.8, 4) is 22.5 Å². The Morgan fingerprint density at radius 3 is 1.76 bits per heavy atom. The van der Waals surface area contributed by atoms with E-state index in [1.54, 1.807) is 0 Å². The summed E-state index contributed by atoms with van der Waals surface area (Å²) in [6.07, 6.45) is 23.8. The van der Waals surface area contributed by atoms with Crippen LogP contribution in [0, 0.1) is 0 Å². The Bertz CT molecular complexity index is 3280. The summed E-state index contributed by atoms with van der Waals surface area (Å²) in [7, 11) is 0. The van der Waals surface area contributed by atoms with Crippen LogP contribution < -0.4 is 0 Å². The Morgan fingerprint density at radius 1 is 0.379 bits per heavy atom. The van der Waals surface area contributed by atoms with E-state index in [2.05, 4.69) is 202 Å². The summed E-state index contributed by atoms with van der Waals surface area (Å²) in [6.45, 7) is 0. The fraction of sp³-hybridized carbons (Fsp3) is 0.0909. The second kappa shape index (κ2) is 13.2. The van der Waals surface area contributed by atoms with Crippen molar-refractivity contribution in [2.75, 3.05) is 0 Å². The first-order chi connectivity index (χ1) is 28.8. The highest BCUT2D eigenvalue weighted by molar-refractivity contribution is 6.11. The molecule has 12 rings (SSSR count). The van der Waals surface area contributed by atoms with E-state index in [9.17, 15) is 0 Å². The molecular weight excluding hydrogens is 703 g/mol. The molecule has 0 atom stereocenters. The molecule has 0 aliphatic heterocycles. The van der Waals surface area contributed by atoms with Gasteiger partial charge in [-0.1, -0.05) is 109 Å². The lowest BCUT2D eigenvalue weighted by Crippen LogP contribution is -2.00.